The zero-order valence-corrected chi connectivity index (χ0v) is 22.2. The maximum absolute atomic E-state index is 13.2. The second kappa shape index (κ2) is 13.1. The van der Waals surface area contributed by atoms with Gasteiger partial charge in [0.15, 0.2) is 5.69 Å². The first-order valence-electron chi connectivity index (χ1n) is 12.9. The van der Waals surface area contributed by atoms with E-state index in [1.54, 1.807) is 35.0 Å². The Morgan fingerprint density at radius 1 is 1.03 bits per heavy atom. The SMILES string of the molecule is CCCNC(=O)c1nn(-c2ccccc2Cl)c(Oc2ccc(Cl)cc2)c1CNC1CCCCCCC1. The molecule has 0 spiro atoms. The number of para-hydroxylation sites is 1. The maximum atomic E-state index is 13.2. The summed E-state index contributed by atoms with van der Waals surface area (Å²) >= 11 is 12.7. The average molecular weight is 530 g/mol. The molecule has 0 atom stereocenters. The summed E-state index contributed by atoms with van der Waals surface area (Å²) in [5.74, 6) is 0.837. The lowest BCUT2D eigenvalue weighted by molar-refractivity contribution is 0.0947. The number of benzene rings is 2. The molecule has 0 unspecified atom stereocenters. The van der Waals surface area contributed by atoms with Gasteiger partial charge in [-0.2, -0.15) is 9.78 Å². The minimum atomic E-state index is -0.224. The second-order valence-corrected chi connectivity index (χ2v) is 10.1. The maximum Gasteiger partial charge on any atom is 0.272 e. The van der Waals surface area contributed by atoms with Crippen molar-refractivity contribution in [3.05, 3.63) is 69.8 Å². The van der Waals surface area contributed by atoms with Gasteiger partial charge in [-0.25, -0.2) is 0 Å². The first kappa shape index (κ1) is 26.5. The van der Waals surface area contributed by atoms with Crippen LogP contribution in [0.4, 0.5) is 0 Å². The number of ether oxygens (including phenoxy) is 1. The van der Waals surface area contributed by atoms with Crippen molar-refractivity contribution in [3.8, 4) is 17.3 Å². The molecule has 4 rings (SSSR count). The summed E-state index contributed by atoms with van der Waals surface area (Å²) in [7, 11) is 0. The molecule has 0 bridgehead atoms. The summed E-state index contributed by atoms with van der Waals surface area (Å²) in [5.41, 5.74) is 1.69. The Labute approximate surface area is 223 Å². The van der Waals surface area contributed by atoms with Crippen molar-refractivity contribution in [1.82, 2.24) is 20.4 Å². The van der Waals surface area contributed by atoms with Gasteiger partial charge < -0.3 is 15.4 Å². The minimum absolute atomic E-state index is 0.224. The molecule has 1 aliphatic rings. The fraction of sp³-hybridized carbons (Fsp3) is 0.429. The highest BCUT2D eigenvalue weighted by Gasteiger charge is 2.27. The molecular formula is C28H34Cl2N4O2. The Kier molecular flexibility index (Phi) is 9.67. The molecule has 0 saturated heterocycles. The number of carbonyl (C=O) groups excluding carboxylic acids is 1. The van der Waals surface area contributed by atoms with Crippen molar-refractivity contribution in [2.45, 2.75) is 70.9 Å². The Hall–Kier alpha value is -2.54. The first-order valence-corrected chi connectivity index (χ1v) is 13.6. The van der Waals surface area contributed by atoms with E-state index in [9.17, 15) is 4.79 Å². The normalized spacial score (nSPS) is 14.8. The van der Waals surface area contributed by atoms with Gasteiger partial charge in [-0.15, -0.1) is 0 Å². The predicted molar refractivity (Wildman–Crippen MR) is 146 cm³/mol. The molecule has 1 aromatic heterocycles. The van der Waals surface area contributed by atoms with Crippen LogP contribution in [0.3, 0.4) is 0 Å². The quantitative estimate of drug-likeness (QED) is 0.305. The average Bonchev–Trinajstić information content (AvgIpc) is 3.21. The van der Waals surface area contributed by atoms with Crippen LogP contribution >= 0.6 is 23.2 Å². The molecule has 1 amide bonds. The highest BCUT2D eigenvalue weighted by molar-refractivity contribution is 6.32. The van der Waals surface area contributed by atoms with Crippen LogP contribution in [0.1, 0.15) is 74.3 Å². The standard InChI is InChI=1S/C28H34Cl2N4O2/c1-2-18-31-27(35)26-23(19-32-21-10-6-4-3-5-7-11-21)28(36-22-16-14-20(29)15-17-22)34(33-26)25-13-9-8-12-24(25)30/h8-9,12-17,21,32H,2-7,10-11,18-19H2,1H3,(H,31,35). The van der Waals surface area contributed by atoms with E-state index in [2.05, 4.69) is 10.6 Å². The Morgan fingerprint density at radius 3 is 2.42 bits per heavy atom. The van der Waals surface area contributed by atoms with Crippen molar-refractivity contribution in [3.63, 3.8) is 0 Å². The van der Waals surface area contributed by atoms with Crippen LogP contribution in [0.5, 0.6) is 11.6 Å². The van der Waals surface area contributed by atoms with E-state index in [1.165, 1.54) is 32.1 Å². The number of aromatic nitrogens is 2. The van der Waals surface area contributed by atoms with E-state index in [0.29, 0.717) is 57.8 Å². The second-order valence-electron chi connectivity index (χ2n) is 9.23. The van der Waals surface area contributed by atoms with Crippen LogP contribution in [0.25, 0.3) is 5.69 Å². The molecule has 3 aromatic rings. The molecule has 1 saturated carbocycles. The van der Waals surface area contributed by atoms with E-state index in [4.69, 9.17) is 33.0 Å². The topological polar surface area (TPSA) is 68.2 Å². The number of amides is 1. The van der Waals surface area contributed by atoms with E-state index in [1.807, 2.05) is 25.1 Å². The number of hydrogen-bond acceptors (Lipinski definition) is 4. The summed E-state index contributed by atoms with van der Waals surface area (Å²) in [6.07, 6.45) is 9.39. The van der Waals surface area contributed by atoms with Gasteiger partial charge in [-0.3, -0.25) is 4.79 Å². The summed E-state index contributed by atoms with van der Waals surface area (Å²) in [6.45, 7) is 3.06. The lowest BCUT2D eigenvalue weighted by Crippen LogP contribution is -2.31. The van der Waals surface area contributed by atoms with Crippen molar-refractivity contribution in [2.24, 2.45) is 0 Å². The first-order chi connectivity index (χ1) is 17.6. The van der Waals surface area contributed by atoms with Crippen molar-refractivity contribution in [2.75, 3.05) is 6.54 Å². The summed E-state index contributed by atoms with van der Waals surface area (Å²) in [6, 6.07) is 15.0. The molecule has 6 nitrogen and oxygen atoms in total. The molecule has 2 aromatic carbocycles. The number of nitrogens with zero attached hydrogens (tertiary/aromatic N) is 2. The molecule has 0 radical (unpaired) electrons. The number of halogens is 2. The molecule has 8 heteroatoms. The van der Waals surface area contributed by atoms with Crippen LogP contribution < -0.4 is 15.4 Å². The minimum Gasteiger partial charge on any atom is -0.439 e. The van der Waals surface area contributed by atoms with Gasteiger partial charge in [0.1, 0.15) is 5.75 Å². The molecule has 192 valence electrons. The van der Waals surface area contributed by atoms with Crippen LogP contribution in [0.2, 0.25) is 10.0 Å². The van der Waals surface area contributed by atoms with Crippen molar-refractivity contribution >= 4 is 29.1 Å². The summed E-state index contributed by atoms with van der Waals surface area (Å²) in [4.78, 5) is 13.2. The van der Waals surface area contributed by atoms with Crippen LogP contribution in [0, 0.1) is 0 Å². The lowest BCUT2D eigenvalue weighted by atomic mass is 9.96. The van der Waals surface area contributed by atoms with Crippen LogP contribution in [0.15, 0.2) is 48.5 Å². The fourth-order valence-electron chi connectivity index (χ4n) is 4.51. The Morgan fingerprint density at radius 2 is 1.72 bits per heavy atom. The fourth-order valence-corrected chi connectivity index (χ4v) is 4.85. The molecule has 1 heterocycles. The van der Waals surface area contributed by atoms with Gasteiger partial charge in [0.2, 0.25) is 5.88 Å². The van der Waals surface area contributed by atoms with Gasteiger partial charge in [-0.1, -0.05) is 74.4 Å². The van der Waals surface area contributed by atoms with Gasteiger partial charge in [-0.05, 0) is 55.7 Å². The zero-order valence-electron chi connectivity index (χ0n) is 20.7. The largest absolute Gasteiger partial charge is 0.439 e. The van der Waals surface area contributed by atoms with E-state index >= 15 is 0 Å². The molecular weight excluding hydrogens is 495 g/mol. The molecule has 1 aliphatic carbocycles. The smallest absolute Gasteiger partial charge is 0.272 e. The number of hydrogen-bond donors (Lipinski definition) is 2. The zero-order chi connectivity index (χ0) is 25.3. The van der Waals surface area contributed by atoms with Crippen molar-refractivity contribution in [1.29, 1.82) is 0 Å². The molecule has 2 N–H and O–H groups in total. The highest BCUT2D eigenvalue weighted by atomic mass is 35.5. The van der Waals surface area contributed by atoms with Gasteiger partial charge in [0.25, 0.3) is 5.91 Å². The van der Waals surface area contributed by atoms with Crippen LogP contribution in [-0.4, -0.2) is 28.3 Å². The number of rotatable bonds is 9. The molecule has 0 aliphatic heterocycles. The van der Waals surface area contributed by atoms with Gasteiger partial charge in [0, 0.05) is 24.2 Å². The lowest BCUT2D eigenvalue weighted by Gasteiger charge is -2.21. The molecule has 36 heavy (non-hydrogen) atoms. The van der Waals surface area contributed by atoms with Gasteiger partial charge in [0.05, 0.1) is 16.3 Å². The highest BCUT2D eigenvalue weighted by Crippen LogP contribution is 2.34. The number of nitrogens with one attached hydrogen (secondary N) is 2. The van der Waals surface area contributed by atoms with Crippen LogP contribution in [-0.2, 0) is 6.54 Å². The summed E-state index contributed by atoms with van der Waals surface area (Å²) in [5, 5.41) is 12.5. The van der Waals surface area contributed by atoms with E-state index < -0.39 is 0 Å². The Balaban J connectivity index is 1.75. The molecule has 1 fully saturated rings. The van der Waals surface area contributed by atoms with E-state index in [0.717, 1.165) is 19.3 Å². The monoisotopic (exact) mass is 528 g/mol. The Bertz CT molecular complexity index is 1140. The number of carbonyl (C=O) groups is 1. The third kappa shape index (κ3) is 6.81. The third-order valence-corrected chi connectivity index (χ3v) is 7.04. The summed E-state index contributed by atoms with van der Waals surface area (Å²) < 4.78 is 8.02. The van der Waals surface area contributed by atoms with Gasteiger partial charge >= 0.3 is 0 Å². The van der Waals surface area contributed by atoms with E-state index in [-0.39, 0.29) is 5.91 Å². The predicted octanol–water partition coefficient (Wildman–Crippen LogP) is 7.31. The third-order valence-electron chi connectivity index (χ3n) is 6.47. The van der Waals surface area contributed by atoms with Crippen molar-refractivity contribution < 1.29 is 9.53 Å².